The maximum Gasteiger partial charge on any atom is 0.313 e. The van der Waals surface area contributed by atoms with E-state index in [-0.39, 0.29) is 23.5 Å². The predicted molar refractivity (Wildman–Crippen MR) is 56.8 cm³/mol. The SMILES string of the molecule is COC(=O)C1CC(=O)c2cc([N+](=O)[O-])ccc21. The molecule has 1 aromatic carbocycles. The van der Waals surface area contributed by atoms with Crippen molar-refractivity contribution in [3.8, 4) is 0 Å². The van der Waals surface area contributed by atoms with Gasteiger partial charge >= 0.3 is 5.97 Å². The van der Waals surface area contributed by atoms with E-state index in [2.05, 4.69) is 4.74 Å². The average Bonchev–Trinajstić information content (AvgIpc) is 2.65. The van der Waals surface area contributed by atoms with Crippen molar-refractivity contribution in [2.75, 3.05) is 7.11 Å². The lowest BCUT2D eigenvalue weighted by Crippen LogP contribution is -2.11. The van der Waals surface area contributed by atoms with Crippen LogP contribution in [0, 0.1) is 10.1 Å². The van der Waals surface area contributed by atoms with Crippen molar-refractivity contribution in [1.29, 1.82) is 0 Å². The van der Waals surface area contributed by atoms with Crippen molar-refractivity contribution in [2.24, 2.45) is 0 Å². The van der Waals surface area contributed by atoms with Gasteiger partial charge in [0.05, 0.1) is 18.0 Å². The number of benzene rings is 1. The number of hydrogen-bond acceptors (Lipinski definition) is 5. The zero-order valence-corrected chi connectivity index (χ0v) is 9.00. The molecule has 0 fully saturated rings. The lowest BCUT2D eigenvalue weighted by atomic mass is 10.0. The molecule has 0 N–H and O–H groups in total. The Labute approximate surface area is 96.3 Å². The number of ether oxygens (including phenoxy) is 1. The smallest absolute Gasteiger partial charge is 0.313 e. The van der Waals surface area contributed by atoms with Crippen LogP contribution in [-0.2, 0) is 9.53 Å². The monoisotopic (exact) mass is 235 g/mol. The molecule has 0 aliphatic heterocycles. The lowest BCUT2D eigenvalue weighted by Gasteiger charge is -2.07. The van der Waals surface area contributed by atoms with Gasteiger partial charge in [0.2, 0.25) is 0 Å². The van der Waals surface area contributed by atoms with Crippen molar-refractivity contribution < 1.29 is 19.2 Å². The molecular weight excluding hydrogens is 226 g/mol. The Kier molecular flexibility index (Phi) is 2.63. The third-order valence-electron chi connectivity index (χ3n) is 2.80. The summed E-state index contributed by atoms with van der Waals surface area (Å²) in [7, 11) is 1.25. The number of nitro benzene ring substituents is 1. The first-order chi connectivity index (χ1) is 8.04. The second-order valence-electron chi connectivity index (χ2n) is 3.73. The number of methoxy groups -OCH3 is 1. The van der Waals surface area contributed by atoms with E-state index in [1.54, 1.807) is 0 Å². The fourth-order valence-electron chi connectivity index (χ4n) is 1.96. The van der Waals surface area contributed by atoms with Gasteiger partial charge in [-0.1, -0.05) is 6.07 Å². The van der Waals surface area contributed by atoms with Gasteiger partial charge in [-0.15, -0.1) is 0 Å². The molecule has 88 valence electrons. The Bertz CT molecular complexity index is 523. The van der Waals surface area contributed by atoms with E-state index in [9.17, 15) is 19.7 Å². The van der Waals surface area contributed by atoms with E-state index < -0.39 is 16.8 Å². The molecule has 0 saturated heterocycles. The number of esters is 1. The summed E-state index contributed by atoms with van der Waals surface area (Å²) in [5.74, 6) is -1.40. The van der Waals surface area contributed by atoms with E-state index in [4.69, 9.17) is 0 Å². The van der Waals surface area contributed by atoms with Crippen LogP contribution < -0.4 is 0 Å². The summed E-state index contributed by atoms with van der Waals surface area (Å²) in [5, 5.41) is 10.6. The van der Waals surface area contributed by atoms with Gasteiger partial charge in [0, 0.05) is 24.1 Å². The van der Waals surface area contributed by atoms with Crippen LogP contribution in [-0.4, -0.2) is 23.8 Å². The largest absolute Gasteiger partial charge is 0.469 e. The molecule has 0 amide bonds. The third kappa shape index (κ3) is 1.77. The minimum atomic E-state index is -0.636. The van der Waals surface area contributed by atoms with Gasteiger partial charge in [-0.05, 0) is 5.56 Å². The molecule has 0 bridgehead atoms. The number of carbonyl (C=O) groups is 2. The Morgan fingerprint density at radius 3 is 2.82 bits per heavy atom. The van der Waals surface area contributed by atoms with Crippen LogP contribution in [0.15, 0.2) is 18.2 Å². The number of fused-ring (bicyclic) bond motifs is 1. The van der Waals surface area contributed by atoms with Crippen molar-refractivity contribution in [3.05, 3.63) is 39.4 Å². The van der Waals surface area contributed by atoms with Crippen LogP contribution in [0.4, 0.5) is 5.69 Å². The topological polar surface area (TPSA) is 86.5 Å². The zero-order chi connectivity index (χ0) is 12.6. The first kappa shape index (κ1) is 11.3. The molecule has 6 heteroatoms. The van der Waals surface area contributed by atoms with E-state index >= 15 is 0 Å². The Morgan fingerprint density at radius 2 is 2.24 bits per heavy atom. The third-order valence-corrected chi connectivity index (χ3v) is 2.80. The number of hydrogen-bond donors (Lipinski definition) is 0. The standard InChI is InChI=1S/C11H9NO5/c1-17-11(14)9-5-10(13)8-4-6(12(15)16)2-3-7(8)9/h2-4,9H,5H2,1H3. The van der Waals surface area contributed by atoms with Crippen molar-refractivity contribution in [3.63, 3.8) is 0 Å². The normalized spacial score (nSPS) is 17.7. The average molecular weight is 235 g/mol. The Morgan fingerprint density at radius 1 is 1.53 bits per heavy atom. The molecule has 1 atom stereocenters. The summed E-state index contributed by atoms with van der Waals surface area (Å²) in [6.45, 7) is 0. The fraction of sp³-hybridized carbons (Fsp3) is 0.273. The molecular formula is C11H9NO5. The van der Waals surface area contributed by atoms with E-state index in [0.29, 0.717) is 5.56 Å². The summed E-state index contributed by atoms with van der Waals surface area (Å²) in [6, 6.07) is 3.94. The highest BCUT2D eigenvalue weighted by Crippen LogP contribution is 2.35. The minimum absolute atomic E-state index is 0.0170. The second kappa shape index (κ2) is 3.97. The van der Waals surface area contributed by atoms with Crippen LogP contribution in [0.3, 0.4) is 0 Å². The quantitative estimate of drug-likeness (QED) is 0.439. The highest BCUT2D eigenvalue weighted by molar-refractivity contribution is 6.06. The summed E-state index contributed by atoms with van der Waals surface area (Å²) >= 11 is 0. The van der Waals surface area contributed by atoms with E-state index in [1.165, 1.54) is 25.3 Å². The highest BCUT2D eigenvalue weighted by atomic mass is 16.6. The van der Waals surface area contributed by atoms with Crippen LogP contribution >= 0.6 is 0 Å². The molecule has 2 rings (SSSR count). The molecule has 1 aromatic rings. The molecule has 0 saturated carbocycles. The maximum atomic E-state index is 11.6. The molecule has 6 nitrogen and oxygen atoms in total. The molecule has 1 aliphatic rings. The first-order valence-electron chi connectivity index (χ1n) is 4.94. The number of nitro groups is 1. The van der Waals surface area contributed by atoms with Crippen LogP contribution in [0.5, 0.6) is 0 Å². The van der Waals surface area contributed by atoms with Gasteiger partial charge in [0.25, 0.3) is 5.69 Å². The number of Topliss-reactive ketones (excluding diaryl/α,β-unsaturated/α-hetero) is 1. The molecule has 1 unspecified atom stereocenters. The van der Waals surface area contributed by atoms with Crippen LogP contribution in [0.1, 0.15) is 28.3 Å². The Balaban J connectivity index is 2.47. The van der Waals surface area contributed by atoms with Crippen molar-refractivity contribution in [2.45, 2.75) is 12.3 Å². The van der Waals surface area contributed by atoms with Gasteiger partial charge in [-0.25, -0.2) is 0 Å². The van der Waals surface area contributed by atoms with Gasteiger partial charge in [0.15, 0.2) is 5.78 Å². The zero-order valence-electron chi connectivity index (χ0n) is 9.00. The first-order valence-corrected chi connectivity index (χ1v) is 4.94. The summed E-state index contributed by atoms with van der Waals surface area (Å²) in [4.78, 5) is 33.1. The second-order valence-corrected chi connectivity index (χ2v) is 3.73. The van der Waals surface area contributed by atoms with Crippen molar-refractivity contribution in [1.82, 2.24) is 0 Å². The van der Waals surface area contributed by atoms with Gasteiger partial charge < -0.3 is 4.74 Å². The summed E-state index contributed by atoms with van der Waals surface area (Å²) in [6.07, 6.45) is 0.0170. The molecule has 0 aromatic heterocycles. The van der Waals surface area contributed by atoms with Crippen molar-refractivity contribution >= 4 is 17.4 Å². The van der Waals surface area contributed by atoms with E-state index in [1.807, 2.05) is 0 Å². The Hall–Kier alpha value is -2.24. The lowest BCUT2D eigenvalue weighted by molar-refractivity contribution is -0.384. The maximum absolute atomic E-state index is 11.6. The van der Waals surface area contributed by atoms with Gasteiger partial charge in [-0.2, -0.15) is 0 Å². The number of non-ortho nitro benzene ring substituents is 1. The number of rotatable bonds is 2. The fourth-order valence-corrected chi connectivity index (χ4v) is 1.96. The highest BCUT2D eigenvalue weighted by Gasteiger charge is 2.36. The minimum Gasteiger partial charge on any atom is -0.469 e. The van der Waals surface area contributed by atoms with Gasteiger partial charge in [0.1, 0.15) is 0 Å². The number of ketones is 1. The molecule has 0 spiro atoms. The molecule has 0 heterocycles. The number of carbonyl (C=O) groups excluding carboxylic acids is 2. The van der Waals surface area contributed by atoms with Crippen LogP contribution in [0.25, 0.3) is 0 Å². The van der Waals surface area contributed by atoms with Gasteiger partial charge in [-0.3, -0.25) is 19.7 Å². The molecule has 0 radical (unpaired) electrons. The summed E-state index contributed by atoms with van der Waals surface area (Å²) in [5.41, 5.74) is 0.602. The number of nitrogens with zero attached hydrogens (tertiary/aromatic N) is 1. The van der Waals surface area contributed by atoms with E-state index in [0.717, 1.165) is 0 Å². The van der Waals surface area contributed by atoms with Crippen LogP contribution in [0.2, 0.25) is 0 Å². The molecule has 17 heavy (non-hydrogen) atoms. The molecule has 1 aliphatic carbocycles. The summed E-state index contributed by atoms with van der Waals surface area (Å²) < 4.78 is 4.59. The predicted octanol–water partition coefficient (Wildman–Crippen LogP) is 1.44.